The zero-order valence-corrected chi connectivity index (χ0v) is 19.9. The average Bonchev–Trinajstić information content (AvgIpc) is 3.62. The summed E-state index contributed by atoms with van der Waals surface area (Å²) in [7, 11) is 0. The fourth-order valence-corrected chi connectivity index (χ4v) is 4.65. The number of carbonyl (C=O) groups excluding carboxylic acids is 3. The Morgan fingerprint density at radius 3 is 2.41 bits per heavy atom. The van der Waals surface area contributed by atoms with Gasteiger partial charge in [0.05, 0.1) is 5.69 Å². The van der Waals surface area contributed by atoms with Gasteiger partial charge in [-0.3, -0.25) is 10.1 Å². The molecule has 190 valence electrons. The molecule has 1 aliphatic carbocycles. The quantitative estimate of drug-likeness (QED) is 0.321. The number of nitrogens with one attached hydrogen (secondary N) is 1. The first-order valence-corrected chi connectivity index (χ1v) is 12.0. The number of hydrogen-bond acceptors (Lipinski definition) is 6. The van der Waals surface area contributed by atoms with Gasteiger partial charge in [0.25, 0.3) is 5.91 Å². The largest absolute Gasteiger partial charge is 0.446 e. The summed E-state index contributed by atoms with van der Waals surface area (Å²) in [5.41, 5.74) is -4.60. The monoisotopic (exact) mass is 528 g/mol. The predicted molar refractivity (Wildman–Crippen MR) is 129 cm³/mol. The SMILES string of the molecule is O=C(Nc1cc(CN2C(=O)N(c3ccc(SC(F)(F)F)cc3)C(=O)C23CC3)ccn1)Oc1ccccc1. The Morgan fingerprint density at radius 2 is 1.76 bits per heavy atom. The number of amides is 4. The van der Waals surface area contributed by atoms with Gasteiger partial charge in [0.15, 0.2) is 0 Å². The zero-order valence-electron chi connectivity index (χ0n) is 19.1. The second-order valence-corrected chi connectivity index (χ2v) is 9.60. The Bertz CT molecular complexity index is 1350. The molecule has 1 N–H and O–H groups in total. The highest BCUT2D eigenvalue weighted by Crippen LogP contribution is 2.50. The van der Waals surface area contributed by atoms with Crippen molar-refractivity contribution in [3.05, 3.63) is 78.5 Å². The number of para-hydroxylation sites is 1. The van der Waals surface area contributed by atoms with Crippen LogP contribution >= 0.6 is 11.8 Å². The molecule has 5 rings (SSSR count). The minimum Gasteiger partial charge on any atom is -0.410 e. The minimum atomic E-state index is -4.44. The van der Waals surface area contributed by atoms with Gasteiger partial charge in [-0.25, -0.2) is 19.5 Å². The molecular weight excluding hydrogens is 509 g/mol. The zero-order chi connectivity index (χ0) is 26.2. The average molecular weight is 529 g/mol. The van der Waals surface area contributed by atoms with Gasteiger partial charge >= 0.3 is 17.6 Å². The van der Waals surface area contributed by atoms with E-state index < -0.39 is 29.1 Å². The van der Waals surface area contributed by atoms with E-state index in [-0.39, 0.29) is 34.7 Å². The highest BCUT2D eigenvalue weighted by atomic mass is 32.2. The fraction of sp³-hybridized carbons (Fsp3) is 0.200. The first-order valence-electron chi connectivity index (χ1n) is 11.2. The van der Waals surface area contributed by atoms with Gasteiger partial charge < -0.3 is 9.64 Å². The number of rotatable bonds is 6. The first-order chi connectivity index (χ1) is 17.6. The van der Waals surface area contributed by atoms with Crippen LogP contribution in [0.3, 0.4) is 0 Å². The van der Waals surface area contributed by atoms with Crippen molar-refractivity contribution in [3.63, 3.8) is 0 Å². The van der Waals surface area contributed by atoms with Crippen molar-refractivity contribution < 1.29 is 32.3 Å². The standard InChI is InChI=1S/C25H19F3N4O4S/c26-25(27,28)37-19-8-6-17(7-9-19)32-21(33)24(11-12-24)31(23(32)35)15-16-10-13-29-20(14-16)30-22(34)36-18-4-2-1-3-5-18/h1-10,13-14H,11-12,15H2,(H,29,30,34). The molecule has 0 unspecified atom stereocenters. The highest BCUT2D eigenvalue weighted by molar-refractivity contribution is 8.00. The summed E-state index contributed by atoms with van der Waals surface area (Å²) in [6.07, 6.45) is 1.69. The third kappa shape index (κ3) is 5.24. The van der Waals surface area contributed by atoms with Gasteiger partial charge in [-0.2, -0.15) is 13.2 Å². The van der Waals surface area contributed by atoms with Crippen LogP contribution in [0.5, 0.6) is 5.75 Å². The van der Waals surface area contributed by atoms with Crippen molar-refractivity contribution in [2.45, 2.75) is 35.3 Å². The minimum absolute atomic E-state index is 0.0454. The van der Waals surface area contributed by atoms with E-state index in [1.165, 1.54) is 35.4 Å². The third-order valence-corrected chi connectivity index (χ3v) is 6.68. The summed E-state index contributed by atoms with van der Waals surface area (Å²) in [6.45, 7) is 0.0774. The maximum Gasteiger partial charge on any atom is 0.446 e. The number of aromatic nitrogens is 1. The lowest BCUT2D eigenvalue weighted by Gasteiger charge is -2.21. The number of anilines is 2. The molecule has 0 radical (unpaired) electrons. The molecule has 12 heteroatoms. The summed E-state index contributed by atoms with van der Waals surface area (Å²) in [4.78, 5) is 45.2. The molecule has 3 aromatic rings. The number of nitrogens with zero attached hydrogens (tertiary/aromatic N) is 3. The number of hydrogen-bond donors (Lipinski definition) is 1. The highest BCUT2D eigenvalue weighted by Gasteiger charge is 2.65. The van der Waals surface area contributed by atoms with Gasteiger partial charge in [-0.1, -0.05) is 18.2 Å². The summed E-state index contributed by atoms with van der Waals surface area (Å²) >= 11 is -0.270. The number of urea groups is 1. The van der Waals surface area contributed by atoms with E-state index in [2.05, 4.69) is 10.3 Å². The topological polar surface area (TPSA) is 91.8 Å². The van der Waals surface area contributed by atoms with Crippen LogP contribution in [0.2, 0.25) is 0 Å². The van der Waals surface area contributed by atoms with E-state index in [0.29, 0.717) is 24.2 Å². The molecule has 1 saturated heterocycles. The number of imide groups is 1. The van der Waals surface area contributed by atoms with Crippen molar-refractivity contribution in [1.82, 2.24) is 9.88 Å². The molecule has 8 nitrogen and oxygen atoms in total. The number of thioether (sulfide) groups is 1. The van der Waals surface area contributed by atoms with Gasteiger partial charge in [-0.05, 0) is 78.7 Å². The lowest BCUT2D eigenvalue weighted by atomic mass is 10.2. The molecule has 1 spiro atoms. The Balaban J connectivity index is 1.30. The number of benzene rings is 2. The van der Waals surface area contributed by atoms with E-state index in [0.717, 1.165) is 4.90 Å². The van der Waals surface area contributed by atoms with Crippen LogP contribution in [-0.2, 0) is 11.3 Å². The second-order valence-electron chi connectivity index (χ2n) is 8.46. The van der Waals surface area contributed by atoms with Gasteiger partial charge in [-0.15, -0.1) is 0 Å². The van der Waals surface area contributed by atoms with Gasteiger partial charge in [0.2, 0.25) is 0 Å². The van der Waals surface area contributed by atoms with Crippen LogP contribution in [-0.4, -0.2) is 39.0 Å². The van der Waals surface area contributed by atoms with Crippen LogP contribution < -0.4 is 15.0 Å². The molecule has 2 aliphatic rings. The summed E-state index contributed by atoms with van der Waals surface area (Å²) < 4.78 is 43.1. The molecule has 2 heterocycles. The van der Waals surface area contributed by atoms with Gasteiger partial charge in [0, 0.05) is 17.6 Å². The number of carbonyl (C=O) groups is 3. The number of alkyl halides is 3. The van der Waals surface area contributed by atoms with Crippen LogP contribution in [0.15, 0.2) is 77.8 Å². The Labute approximate surface area is 213 Å². The summed E-state index contributed by atoms with van der Waals surface area (Å²) in [5, 5.41) is 2.53. The molecule has 4 amide bonds. The molecule has 1 aliphatic heterocycles. The van der Waals surface area contributed by atoms with E-state index in [4.69, 9.17) is 4.74 Å². The van der Waals surface area contributed by atoms with Crippen molar-refractivity contribution in [2.24, 2.45) is 0 Å². The van der Waals surface area contributed by atoms with Crippen LogP contribution in [0.25, 0.3) is 0 Å². The predicted octanol–water partition coefficient (Wildman–Crippen LogP) is 5.81. The molecule has 0 bridgehead atoms. The van der Waals surface area contributed by atoms with Crippen molar-refractivity contribution in [1.29, 1.82) is 0 Å². The molecule has 1 saturated carbocycles. The lowest BCUT2D eigenvalue weighted by molar-refractivity contribution is -0.120. The Morgan fingerprint density at radius 1 is 1.05 bits per heavy atom. The van der Waals surface area contributed by atoms with Crippen LogP contribution in [0.1, 0.15) is 18.4 Å². The van der Waals surface area contributed by atoms with Crippen molar-refractivity contribution in [2.75, 3.05) is 10.2 Å². The number of ether oxygens (including phenoxy) is 1. The molecule has 2 aromatic carbocycles. The van der Waals surface area contributed by atoms with Gasteiger partial charge in [0.1, 0.15) is 17.1 Å². The molecule has 37 heavy (non-hydrogen) atoms. The summed E-state index contributed by atoms with van der Waals surface area (Å²) in [6, 6.07) is 16.3. The molecule has 1 aromatic heterocycles. The number of halogens is 3. The normalized spacial score (nSPS) is 16.3. The van der Waals surface area contributed by atoms with Crippen molar-refractivity contribution >= 4 is 41.3 Å². The van der Waals surface area contributed by atoms with E-state index in [9.17, 15) is 27.6 Å². The number of pyridine rings is 1. The molecule has 0 atom stereocenters. The fourth-order valence-electron chi connectivity index (χ4n) is 4.11. The van der Waals surface area contributed by atoms with Crippen molar-refractivity contribution in [3.8, 4) is 5.75 Å². The van der Waals surface area contributed by atoms with E-state index in [1.54, 1.807) is 42.5 Å². The maximum atomic E-state index is 13.3. The first kappa shape index (κ1) is 24.6. The van der Waals surface area contributed by atoms with E-state index in [1.807, 2.05) is 0 Å². The Kier molecular flexibility index (Phi) is 6.28. The molecule has 2 fully saturated rings. The van der Waals surface area contributed by atoms with E-state index >= 15 is 0 Å². The lowest BCUT2D eigenvalue weighted by Crippen LogP contribution is -2.36. The molecular formula is C25H19F3N4O4S. The van der Waals surface area contributed by atoms with Crippen LogP contribution in [0, 0.1) is 0 Å². The van der Waals surface area contributed by atoms with Crippen LogP contribution in [0.4, 0.5) is 34.3 Å². The maximum absolute atomic E-state index is 13.3. The second kappa shape index (κ2) is 9.43. The smallest absolute Gasteiger partial charge is 0.410 e. The Hall–Kier alpha value is -4.06. The third-order valence-electron chi connectivity index (χ3n) is 5.94. The summed E-state index contributed by atoms with van der Waals surface area (Å²) in [5.74, 6) is 0.154.